The standard InChI is InChI=1S/C23H26N4O2.ClH/c1-16-21(9-6-14-24-16)25-23(28)20-15-27(18-7-4-3-5-8-18)26-22(20)17-10-12-19(29-2)13-11-17;/h3-5,7-8,10-13,15-16,21,24H,6,9,14H2,1-2H3,(H,25,28);1H. The largest absolute Gasteiger partial charge is 0.497 e. The molecule has 1 fully saturated rings. The number of aromatic nitrogens is 2. The summed E-state index contributed by atoms with van der Waals surface area (Å²) in [6, 6.07) is 17.8. The minimum Gasteiger partial charge on any atom is -0.497 e. The quantitative estimate of drug-likeness (QED) is 0.650. The van der Waals surface area contributed by atoms with E-state index < -0.39 is 0 Å². The first-order chi connectivity index (χ1) is 14.2. The Hall–Kier alpha value is -2.83. The van der Waals surface area contributed by atoms with Crippen molar-refractivity contribution in [2.24, 2.45) is 0 Å². The predicted molar refractivity (Wildman–Crippen MR) is 121 cm³/mol. The van der Waals surface area contributed by atoms with Crippen molar-refractivity contribution in [1.29, 1.82) is 0 Å². The number of nitrogens with zero attached hydrogens (tertiary/aromatic N) is 2. The van der Waals surface area contributed by atoms with Crippen LogP contribution in [0.25, 0.3) is 16.9 Å². The number of methoxy groups -OCH3 is 1. The lowest BCUT2D eigenvalue weighted by Crippen LogP contribution is -2.51. The van der Waals surface area contributed by atoms with E-state index in [-0.39, 0.29) is 30.4 Å². The molecule has 2 unspecified atom stereocenters. The lowest BCUT2D eigenvalue weighted by atomic mass is 9.99. The highest BCUT2D eigenvalue weighted by atomic mass is 35.5. The number of amides is 1. The third-order valence-electron chi connectivity index (χ3n) is 5.42. The summed E-state index contributed by atoms with van der Waals surface area (Å²) in [5, 5.41) is 11.4. The zero-order chi connectivity index (χ0) is 20.2. The molecule has 1 aromatic heterocycles. The average Bonchev–Trinajstić information content (AvgIpc) is 3.22. The number of piperidine rings is 1. The fourth-order valence-electron chi connectivity index (χ4n) is 3.70. The van der Waals surface area contributed by atoms with Crippen molar-refractivity contribution >= 4 is 18.3 Å². The van der Waals surface area contributed by atoms with E-state index in [1.807, 2.05) is 60.8 Å². The Kier molecular flexibility index (Phi) is 7.13. The minimum atomic E-state index is -0.0986. The van der Waals surface area contributed by atoms with Crippen molar-refractivity contribution in [1.82, 2.24) is 20.4 Å². The third kappa shape index (κ3) is 4.66. The van der Waals surface area contributed by atoms with Crippen molar-refractivity contribution in [3.05, 3.63) is 66.4 Å². The van der Waals surface area contributed by atoms with Crippen molar-refractivity contribution < 1.29 is 9.53 Å². The highest BCUT2D eigenvalue weighted by molar-refractivity contribution is 6.00. The lowest BCUT2D eigenvalue weighted by molar-refractivity contribution is 0.0920. The zero-order valence-electron chi connectivity index (χ0n) is 17.2. The zero-order valence-corrected chi connectivity index (χ0v) is 18.0. The smallest absolute Gasteiger partial charge is 0.255 e. The molecule has 1 amide bonds. The molecule has 2 N–H and O–H groups in total. The number of ether oxygens (including phenoxy) is 1. The number of rotatable bonds is 5. The molecule has 1 aliphatic heterocycles. The van der Waals surface area contributed by atoms with Crippen LogP contribution in [0.3, 0.4) is 0 Å². The lowest BCUT2D eigenvalue weighted by Gasteiger charge is -2.30. The second-order valence-electron chi connectivity index (χ2n) is 7.36. The number of carbonyl (C=O) groups excluding carboxylic acids is 1. The topological polar surface area (TPSA) is 68.2 Å². The molecule has 158 valence electrons. The number of hydrogen-bond acceptors (Lipinski definition) is 4. The van der Waals surface area contributed by atoms with Gasteiger partial charge in [-0.15, -0.1) is 12.4 Å². The highest BCUT2D eigenvalue weighted by Crippen LogP contribution is 2.26. The van der Waals surface area contributed by atoms with E-state index in [0.717, 1.165) is 36.4 Å². The second-order valence-corrected chi connectivity index (χ2v) is 7.36. The van der Waals surface area contributed by atoms with Crippen LogP contribution in [0, 0.1) is 0 Å². The Bertz CT molecular complexity index is 973. The van der Waals surface area contributed by atoms with E-state index in [9.17, 15) is 4.79 Å². The Balaban J connectivity index is 0.00000256. The van der Waals surface area contributed by atoms with Crippen LogP contribution < -0.4 is 15.4 Å². The maximum absolute atomic E-state index is 13.2. The van der Waals surface area contributed by atoms with Gasteiger partial charge in [-0.25, -0.2) is 4.68 Å². The predicted octanol–water partition coefficient (Wildman–Crippen LogP) is 3.84. The van der Waals surface area contributed by atoms with Gasteiger partial charge in [-0.3, -0.25) is 4.79 Å². The first-order valence-corrected chi connectivity index (χ1v) is 9.99. The third-order valence-corrected chi connectivity index (χ3v) is 5.42. The van der Waals surface area contributed by atoms with Gasteiger partial charge >= 0.3 is 0 Å². The number of para-hydroxylation sites is 1. The molecule has 1 saturated heterocycles. The molecule has 3 aromatic rings. The first kappa shape index (κ1) is 21.9. The van der Waals surface area contributed by atoms with Crippen LogP contribution in [-0.2, 0) is 0 Å². The summed E-state index contributed by atoms with van der Waals surface area (Å²) in [4.78, 5) is 13.2. The van der Waals surface area contributed by atoms with E-state index in [2.05, 4.69) is 17.6 Å². The van der Waals surface area contributed by atoms with Gasteiger partial charge in [0.25, 0.3) is 5.91 Å². The van der Waals surface area contributed by atoms with Crippen LogP contribution in [0.15, 0.2) is 60.8 Å². The monoisotopic (exact) mass is 426 g/mol. The van der Waals surface area contributed by atoms with Crippen molar-refractivity contribution in [3.8, 4) is 22.7 Å². The van der Waals surface area contributed by atoms with Gasteiger partial charge in [0.15, 0.2) is 0 Å². The molecule has 2 atom stereocenters. The van der Waals surface area contributed by atoms with E-state index in [4.69, 9.17) is 9.84 Å². The molecule has 2 aromatic carbocycles. The van der Waals surface area contributed by atoms with Gasteiger partial charge in [0.1, 0.15) is 11.4 Å². The Morgan fingerprint density at radius 2 is 1.90 bits per heavy atom. The summed E-state index contributed by atoms with van der Waals surface area (Å²) in [5.74, 6) is 0.669. The van der Waals surface area contributed by atoms with Crippen LogP contribution in [0.1, 0.15) is 30.1 Å². The molecule has 0 aliphatic carbocycles. The van der Waals surface area contributed by atoms with Gasteiger partial charge in [0.05, 0.1) is 18.4 Å². The van der Waals surface area contributed by atoms with Gasteiger partial charge in [0, 0.05) is 23.8 Å². The summed E-state index contributed by atoms with van der Waals surface area (Å²) in [7, 11) is 1.64. The van der Waals surface area contributed by atoms with E-state index in [1.54, 1.807) is 11.8 Å². The molecular formula is C23H27ClN4O2. The van der Waals surface area contributed by atoms with Crippen molar-refractivity contribution in [2.45, 2.75) is 31.8 Å². The van der Waals surface area contributed by atoms with E-state index in [0.29, 0.717) is 11.3 Å². The molecule has 7 heteroatoms. The van der Waals surface area contributed by atoms with Gasteiger partial charge in [0.2, 0.25) is 0 Å². The molecule has 0 spiro atoms. The van der Waals surface area contributed by atoms with Crippen LogP contribution in [-0.4, -0.2) is 41.4 Å². The molecule has 6 nitrogen and oxygen atoms in total. The Morgan fingerprint density at radius 3 is 2.57 bits per heavy atom. The molecule has 0 saturated carbocycles. The van der Waals surface area contributed by atoms with Crippen molar-refractivity contribution in [2.75, 3.05) is 13.7 Å². The van der Waals surface area contributed by atoms with Crippen LogP contribution in [0.5, 0.6) is 5.75 Å². The number of halogens is 1. The van der Waals surface area contributed by atoms with E-state index >= 15 is 0 Å². The fourth-order valence-corrected chi connectivity index (χ4v) is 3.70. The molecule has 0 bridgehead atoms. The molecule has 1 aliphatic rings. The molecule has 4 rings (SSSR count). The number of carbonyl (C=O) groups is 1. The summed E-state index contributed by atoms with van der Waals surface area (Å²) >= 11 is 0. The maximum atomic E-state index is 13.2. The Labute approximate surface area is 183 Å². The van der Waals surface area contributed by atoms with Crippen LogP contribution in [0.2, 0.25) is 0 Å². The summed E-state index contributed by atoms with van der Waals surface area (Å²) < 4.78 is 7.02. The Morgan fingerprint density at radius 1 is 1.17 bits per heavy atom. The highest BCUT2D eigenvalue weighted by Gasteiger charge is 2.25. The molecule has 30 heavy (non-hydrogen) atoms. The van der Waals surface area contributed by atoms with Gasteiger partial charge in [-0.05, 0) is 62.7 Å². The summed E-state index contributed by atoms with van der Waals surface area (Å²) in [6.45, 7) is 3.11. The normalized spacial score (nSPS) is 18.3. The van der Waals surface area contributed by atoms with Gasteiger partial charge < -0.3 is 15.4 Å². The first-order valence-electron chi connectivity index (χ1n) is 9.99. The number of hydrogen-bond donors (Lipinski definition) is 2. The average molecular weight is 427 g/mol. The number of benzene rings is 2. The minimum absolute atomic E-state index is 0. The van der Waals surface area contributed by atoms with Crippen LogP contribution >= 0.6 is 12.4 Å². The molecule has 0 radical (unpaired) electrons. The maximum Gasteiger partial charge on any atom is 0.255 e. The SMILES string of the molecule is COc1ccc(-c2nn(-c3ccccc3)cc2C(=O)NC2CCCNC2C)cc1.Cl. The van der Waals surface area contributed by atoms with Crippen LogP contribution in [0.4, 0.5) is 0 Å². The molecular weight excluding hydrogens is 400 g/mol. The second kappa shape index (κ2) is 9.78. The molecule has 2 heterocycles. The summed E-state index contributed by atoms with van der Waals surface area (Å²) in [6.07, 6.45) is 3.85. The van der Waals surface area contributed by atoms with E-state index in [1.165, 1.54) is 0 Å². The van der Waals surface area contributed by atoms with Crippen molar-refractivity contribution in [3.63, 3.8) is 0 Å². The summed E-state index contributed by atoms with van der Waals surface area (Å²) in [5.41, 5.74) is 3.01. The number of nitrogens with one attached hydrogen (secondary N) is 2. The fraction of sp³-hybridized carbons (Fsp3) is 0.304. The van der Waals surface area contributed by atoms with Gasteiger partial charge in [-0.1, -0.05) is 18.2 Å². The van der Waals surface area contributed by atoms with Gasteiger partial charge in [-0.2, -0.15) is 5.10 Å².